The van der Waals surface area contributed by atoms with E-state index in [1.807, 2.05) is 26.8 Å². The van der Waals surface area contributed by atoms with Crippen LogP contribution in [-0.4, -0.2) is 35.0 Å². The minimum atomic E-state index is -0.620. The molecule has 1 aliphatic heterocycles. The van der Waals surface area contributed by atoms with E-state index in [4.69, 9.17) is 4.74 Å². The fourth-order valence-corrected chi connectivity index (χ4v) is 4.56. The van der Waals surface area contributed by atoms with E-state index in [-0.39, 0.29) is 23.7 Å². The molecule has 0 spiro atoms. The number of amides is 1. The second-order valence-corrected chi connectivity index (χ2v) is 8.99. The second kappa shape index (κ2) is 7.53. The van der Waals surface area contributed by atoms with Crippen LogP contribution in [0.4, 0.5) is 0 Å². The zero-order valence-corrected chi connectivity index (χ0v) is 16.8. The molecule has 1 heterocycles. The fourth-order valence-electron chi connectivity index (χ4n) is 4.56. The molecule has 2 aliphatic rings. The van der Waals surface area contributed by atoms with Crippen molar-refractivity contribution in [2.45, 2.75) is 71.4 Å². The van der Waals surface area contributed by atoms with Crippen molar-refractivity contribution in [3.8, 4) is 5.75 Å². The summed E-state index contributed by atoms with van der Waals surface area (Å²) in [6.07, 6.45) is 6.00. The molecule has 27 heavy (non-hydrogen) atoms. The number of rotatable bonds is 3. The summed E-state index contributed by atoms with van der Waals surface area (Å²) in [6, 6.07) is 4.47. The van der Waals surface area contributed by atoms with Crippen molar-refractivity contribution in [3.05, 3.63) is 29.3 Å². The maximum Gasteiger partial charge on any atom is 0.328 e. The number of benzene rings is 1. The van der Waals surface area contributed by atoms with E-state index in [1.165, 1.54) is 20.0 Å². The Morgan fingerprint density at radius 2 is 1.89 bits per heavy atom. The summed E-state index contributed by atoms with van der Waals surface area (Å²) in [5.41, 5.74) is 1.39. The number of fused-ring (bicyclic) bond motifs is 1. The first-order chi connectivity index (χ1) is 12.7. The van der Waals surface area contributed by atoms with Gasteiger partial charge in [0.15, 0.2) is 0 Å². The van der Waals surface area contributed by atoms with E-state index in [0.29, 0.717) is 12.3 Å². The van der Waals surface area contributed by atoms with Gasteiger partial charge in [-0.1, -0.05) is 52.5 Å². The van der Waals surface area contributed by atoms with E-state index in [1.54, 1.807) is 17.0 Å². The van der Waals surface area contributed by atoms with E-state index < -0.39 is 11.5 Å². The normalized spacial score (nSPS) is 23.2. The summed E-state index contributed by atoms with van der Waals surface area (Å²) in [4.78, 5) is 27.7. The van der Waals surface area contributed by atoms with Crippen molar-refractivity contribution >= 4 is 11.9 Å². The Hall–Kier alpha value is -2.04. The van der Waals surface area contributed by atoms with Crippen LogP contribution in [0, 0.1) is 11.3 Å². The molecule has 5 nitrogen and oxygen atoms in total. The van der Waals surface area contributed by atoms with E-state index in [2.05, 4.69) is 0 Å². The molecule has 1 unspecified atom stereocenters. The summed E-state index contributed by atoms with van der Waals surface area (Å²) in [5.74, 6) is 0.319. The topological polar surface area (TPSA) is 66.8 Å². The van der Waals surface area contributed by atoms with E-state index >= 15 is 0 Å². The molecule has 0 bridgehead atoms. The molecule has 1 fully saturated rings. The molecule has 1 saturated carbocycles. The SMILES string of the molecule is COC(=O)[C@@H]1Cc2ccc(O)cc2C(CC2CCCC2)N1C(=O)C(C)(C)C. The van der Waals surface area contributed by atoms with Crippen LogP contribution in [0.25, 0.3) is 0 Å². The third-order valence-electron chi connectivity index (χ3n) is 5.95. The number of methoxy groups -OCH3 is 1. The number of phenols is 1. The highest BCUT2D eigenvalue weighted by Gasteiger charge is 2.45. The monoisotopic (exact) mass is 373 g/mol. The highest BCUT2D eigenvalue weighted by molar-refractivity contribution is 5.88. The second-order valence-electron chi connectivity index (χ2n) is 8.99. The van der Waals surface area contributed by atoms with Crippen LogP contribution in [0.1, 0.15) is 70.0 Å². The number of nitrogens with zero attached hydrogens (tertiary/aromatic N) is 1. The lowest BCUT2D eigenvalue weighted by Crippen LogP contribution is -2.55. The van der Waals surface area contributed by atoms with Crippen molar-refractivity contribution < 1.29 is 19.4 Å². The number of hydrogen-bond donors (Lipinski definition) is 1. The molecule has 148 valence electrons. The van der Waals surface area contributed by atoms with Gasteiger partial charge in [-0.05, 0) is 35.6 Å². The Morgan fingerprint density at radius 3 is 2.48 bits per heavy atom. The Kier molecular flexibility index (Phi) is 5.50. The lowest BCUT2D eigenvalue weighted by atomic mass is 9.81. The molecule has 1 N–H and O–H groups in total. The predicted molar refractivity (Wildman–Crippen MR) is 103 cm³/mol. The van der Waals surface area contributed by atoms with Crippen LogP contribution in [0.2, 0.25) is 0 Å². The van der Waals surface area contributed by atoms with Gasteiger partial charge in [-0.25, -0.2) is 4.79 Å². The first kappa shape index (κ1) is 19.7. The molecule has 0 radical (unpaired) electrons. The lowest BCUT2D eigenvalue weighted by molar-refractivity contribution is -0.160. The summed E-state index contributed by atoms with van der Waals surface area (Å²) >= 11 is 0. The molecular weight excluding hydrogens is 342 g/mol. The standard InChI is InChI=1S/C22H31NO4/c1-22(2,3)21(26)23-18(11-14-7-5-6-8-14)17-13-16(24)10-9-15(17)12-19(23)20(25)27-4/h9-10,13-14,18-19,24H,5-8,11-12H2,1-4H3/t18?,19-/m0/s1. The summed E-state index contributed by atoms with van der Waals surface area (Å²) in [5, 5.41) is 10.1. The smallest absolute Gasteiger partial charge is 0.328 e. The van der Waals surface area contributed by atoms with Gasteiger partial charge >= 0.3 is 5.97 Å². The molecule has 1 amide bonds. The van der Waals surface area contributed by atoms with Crippen molar-refractivity contribution in [1.82, 2.24) is 4.90 Å². The first-order valence-electron chi connectivity index (χ1n) is 9.94. The molecule has 1 aliphatic carbocycles. The van der Waals surface area contributed by atoms with Gasteiger partial charge in [0.1, 0.15) is 11.8 Å². The van der Waals surface area contributed by atoms with Gasteiger partial charge in [-0.15, -0.1) is 0 Å². The minimum Gasteiger partial charge on any atom is -0.508 e. The zero-order valence-electron chi connectivity index (χ0n) is 16.8. The largest absolute Gasteiger partial charge is 0.508 e. The number of carbonyl (C=O) groups is 2. The van der Waals surface area contributed by atoms with Crippen LogP contribution in [0.5, 0.6) is 5.75 Å². The van der Waals surface area contributed by atoms with Gasteiger partial charge in [0, 0.05) is 11.8 Å². The predicted octanol–water partition coefficient (Wildman–Crippen LogP) is 3.99. The lowest BCUT2D eigenvalue weighted by Gasteiger charge is -2.45. The van der Waals surface area contributed by atoms with Crippen molar-refractivity contribution in [3.63, 3.8) is 0 Å². The highest BCUT2D eigenvalue weighted by atomic mass is 16.5. The van der Waals surface area contributed by atoms with Crippen molar-refractivity contribution in [1.29, 1.82) is 0 Å². The van der Waals surface area contributed by atoms with Crippen LogP contribution in [-0.2, 0) is 20.7 Å². The first-order valence-corrected chi connectivity index (χ1v) is 9.94. The molecule has 1 aromatic carbocycles. The van der Waals surface area contributed by atoms with Gasteiger partial charge in [-0.3, -0.25) is 4.79 Å². The van der Waals surface area contributed by atoms with Gasteiger partial charge in [0.05, 0.1) is 13.2 Å². The van der Waals surface area contributed by atoms with Crippen molar-refractivity contribution in [2.24, 2.45) is 11.3 Å². The third kappa shape index (κ3) is 3.97. The molecule has 1 aromatic rings. The zero-order chi connectivity index (χ0) is 19.8. The Balaban J connectivity index is 2.09. The highest BCUT2D eigenvalue weighted by Crippen LogP contribution is 2.43. The fraction of sp³-hybridized carbons (Fsp3) is 0.636. The average molecular weight is 373 g/mol. The van der Waals surface area contributed by atoms with Gasteiger partial charge in [0.2, 0.25) is 5.91 Å². The number of carbonyl (C=O) groups excluding carboxylic acids is 2. The molecule has 5 heteroatoms. The summed E-state index contributed by atoms with van der Waals surface area (Å²) < 4.78 is 5.06. The summed E-state index contributed by atoms with van der Waals surface area (Å²) in [7, 11) is 1.38. The Morgan fingerprint density at radius 1 is 1.22 bits per heavy atom. The van der Waals surface area contributed by atoms with Crippen LogP contribution < -0.4 is 0 Å². The minimum absolute atomic E-state index is 0.0464. The molecular formula is C22H31NO4. The Labute approximate surface area is 161 Å². The molecule has 0 aromatic heterocycles. The van der Waals surface area contributed by atoms with Gasteiger partial charge in [0.25, 0.3) is 0 Å². The number of esters is 1. The van der Waals surface area contributed by atoms with Crippen molar-refractivity contribution in [2.75, 3.05) is 7.11 Å². The maximum atomic E-state index is 13.4. The number of aromatic hydroxyl groups is 1. The van der Waals surface area contributed by atoms with Gasteiger partial charge < -0.3 is 14.7 Å². The van der Waals surface area contributed by atoms with Crippen LogP contribution >= 0.6 is 0 Å². The third-order valence-corrected chi connectivity index (χ3v) is 5.95. The molecule has 2 atom stereocenters. The molecule has 3 rings (SSSR count). The van der Waals surface area contributed by atoms with E-state index in [0.717, 1.165) is 30.4 Å². The van der Waals surface area contributed by atoms with Gasteiger partial charge in [-0.2, -0.15) is 0 Å². The Bertz CT molecular complexity index is 716. The van der Waals surface area contributed by atoms with Crippen LogP contribution in [0.15, 0.2) is 18.2 Å². The average Bonchev–Trinajstić information content (AvgIpc) is 3.12. The summed E-state index contributed by atoms with van der Waals surface area (Å²) in [6.45, 7) is 5.65. The van der Waals surface area contributed by atoms with E-state index in [9.17, 15) is 14.7 Å². The number of hydrogen-bond acceptors (Lipinski definition) is 4. The molecule has 0 saturated heterocycles. The quantitative estimate of drug-likeness (QED) is 0.814. The number of phenolic OH excluding ortho intramolecular Hbond substituents is 1. The van der Waals surface area contributed by atoms with Crippen LogP contribution in [0.3, 0.4) is 0 Å². The maximum absolute atomic E-state index is 13.4. The number of ether oxygens (including phenoxy) is 1.